The first-order chi connectivity index (χ1) is 13.0. The number of nitrogens with one attached hydrogen (secondary N) is 2. The Labute approximate surface area is 157 Å². The number of aromatic nitrogens is 2. The molecule has 0 radical (unpaired) electrons. The van der Waals surface area contributed by atoms with E-state index in [-0.39, 0.29) is 11.6 Å². The highest BCUT2D eigenvalue weighted by molar-refractivity contribution is 6.03. The minimum atomic E-state index is -0.329. The summed E-state index contributed by atoms with van der Waals surface area (Å²) in [7, 11) is 0. The molecule has 0 bridgehead atoms. The van der Waals surface area contributed by atoms with Crippen molar-refractivity contribution < 1.29 is 4.79 Å². The van der Waals surface area contributed by atoms with Crippen LogP contribution in [0.4, 0.5) is 11.5 Å². The minimum absolute atomic E-state index is 0.277. The summed E-state index contributed by atoms with van der Waals surface area (Å²) in [6, 6.07) is 18.4. The van der Waals surface area contributed by atoms with Gasteiger partial charge in [-0.2, -0.15) is 5.26 Å². The van der Waals surface area contributed by atoms with Crippen molar-refractivity contribution in [2.75, 3.05) is 10.6 Å². The van der Waals surface area contributed by atoms with Crippen LogP contribution in [0.1, 0.15) is 33.0 Å². The molecule has 1 aromatic heterocycles. The maximum atomic E-state index is 12.5. The molecule has 2 N–H and O–H groups in total. The molecule has 0 saturated carbocycles. The number of aryl methyl sites for hydroxylation is 2. The van der Waals surface area contributed by atoms with Crippen LogP contribution < -0.4 is 10.6 Å². The summed E-state index contributed by atoms with van der Waals surface area (Å²) in [5.41, 5.74) is 3.77. The van der Waals surface area contributed by atoms with Gasteiger partial charge in [-0.1, -0.05) is 24.3 Å². The Morgan fingerprint density at radius 1 is 1.07 bits per heavy atom. The normalized spacial score (nSPS) is 10.1. The number of benzene rings is 2. The molecule has 0 aliphatic carbocycles. The number of anilines is 2. The molecule has 1 heterocycles. The first kappa shape index (κ1) is 18.1. The average Bonchev–Trinajstić information content (AvgIpc) is 2.67. The lowest BCUT2D eigenvalue weighted by molar-refractivity contribution is 0.102. The largest absolute Gasteiger partial charge is 0.366 e. The number of carbonyl (C=O) groups excluding carboxylic acids is 1. The van der Waals surface area contributed by atoms with Crippen molar-refractivity contribution in [3.8, 4) is 6.07 Å². The molecule has 3 aromatic rings. The van der Waals surface area contributed by atoms with Gasteiger partial charge in [0, 0.05) is 18.3 Å². The van der Waals surface area contributed by atoms with Crippen LogP contribution >= 0.6 is 0 Å². The highest BCUT2D eigenvalue weighted by Gasteiger charge is 2.11. The molecule has 3 rings (SSSR count). The summed E-state index contributed by atoms with van der Waals surface area (Å²) in [4.78, 5) is 21.1. The molecular formula is C21H19N5O. The van der Waals surface area contributed by atoms with Crippen molar-refractivity contribution in [1.29, 1.82) is 5.26 Å². The van der Waals surface area contributed by atoms with E-state index < -0.39 is 0 Å². The van der Waals surface area contributed by atoms with Crippen LogP contribution in [-0.2, 0) is 6.54 Å². The third-order valence-corrected chi connectivity index (χ3v) is 4.06. The van der Waals surface area contributed by atoms with Crippen LogP contribution in [0.15, 0.2) is 54.6 Å². The molecule has 0 unspecified atom stereocenters. The third kappa shape index (κ3) is 4.67. The van der Waals surface area contributed by atoms with Gasteiger partial charge < -0.3 is 10.6 Å². The molecule has 0 aliphatic heterocycles. The van der Waals surface area contributed by atoms with Gasteiger partial charge in [0.2, 0.25) is 0 Å². The van der Waals surface area contributed by atoms with E-state index in [1.165, 1.54) is 5.56 Å². The van der Waals surface area contributed by atoms with Gasteiger partial charge in [0.05, 0.1) is 11.6 Å². The van der Waals surface area contributed by atoms with Crippen molar-refractivity contribution in [3.63, 3.8) is 0 Å². The summed E-state index contributed by atoms with van der Waals surface area (Å²) in [5.74, 6) is 0.773. The van der Waals surface area contributed by atoms with Crippen LogP contribution in [0.5, 0.6) is 0 Å². The lowest BCUT2D eigenvalue weighted by Gasteiger charge is -2.10. The second-order valence-corrected chi connectivity index (χ2v) is 6.11. The topological polar surface area (TPSA) is 90.7 Å². The number of carbonyl (C=O) groups is 1. The number of nitrogens with zero attached hydrogens (tertiary/aromatic N) is 3. The van der Waals surface area contributed by atoms with Gasteiger partial charge in [0.1, 0.15) is 17.3 Å². The van der Waals surface area contributed by atoms with Gasteiger partial charge in [-0.3, -0.25) is 4.79 Å². The van der Waals surface area contributed by atoms with Gasteiger partial charge in [-0.25, -0.2) is 9.97 Å². The Hall–Kier alpha value is -3.72. The summed E-state index contributed by atoms with van der Waals surface area (Å²) < 4.78 is 0. The van der Waals surface area contributed by atoms with E-state index in [0.717, 1.165) is 5.56 Å². The first-order valence-electron chi connectivity index (χ1n) is 8.51. The second kappa shape index (κ2) is 8.11. The van der Waals surface area contributed by atoms with Crippen molar-refractivity contribution in [1.82, 2.24) is 9.97 Å². The quantitative estimate of drug-likeness (QED) is 0.724. The van der Waals surface area contributed by atoms with E-state index in [2.05, 4.69) is 39.7 Å². The lowest BCUT2D eigenvalue weighted by atomic mass is 10.1. The molecule has 6 heteroatoms. The third-order valence-electron chi connectivity index (χ3n) is 4.06. The van der Waals surface area contributed by atoms with Crippen LogP contribution in [0.3, 0.4) is 0 Å². The van der Waals surface area contributed by atoms with E-state index in [1.807, 2.05) is 18.2 Å². The zero-order chi connectivity index (χ0) is 19.2. The first-order valence-corrected chi connectivity index (χ1v) is 8.51. The van der Waals surface area contributed by atoms with Crippen LogP contribution in [0.25, 0.3) is 0 Å². The monoisotopic (exact) mass is 357 g/mol. The van der Waals surface area contributed by atoms with Gasteiger partial charge >= 0.3 is 0 Å². The fourth-order valence-electron chi connectivity index (χ4n) is 2.59. The number of amides is 1. The minimum Gasteiger partial charge on any atom is -0.366 e. The molecule has 6 nitrogen and oxygen atoms in total. The second-order valence-electron chi connectivity index (χ2n) is 6.11. The number of hydrogen-bond donors (Lipinski definition) is 2. The molecule has 1 amide bonds. The van der Waals surface area contributed by atoms with E-state index in [4.69, 9.17) is 5.26 Å². The van der Waals surface area contributed by atoms with Gasteiger partial charge in [0.25, 0.3) is 5.91 Å². The predicted molar refractivity (Wildman–Crippen MR) is 104 cm³/mol. The Balaban J connectivity index is 1.73. The van der Waals surface area contributed by atoms with Crippen LogP contribution in [0.2, 0.25) is 0 Å². The molecule has 2 aromatic carbocycles. The number of nitriles is 1. The zero-order valence-corrected chi connectivity index (χ0v) is 15.2. The van der Waals surface area contributed by atoms with Crippen molar-refractivity contribution in [2.24, 2.45) is 0 Å². The summed E-state index contributed by atoms with van der Waals surface area (Å²) in [6.45, 7) is 4.41. The Morgan fingerprint density at radius 3 is 2.52 bits per heavy atom. The van der Waals surface area contributed by atoms with E-state index >= 15 is 0 Å². The van der Waals surface area contributed by atoms with Crippen molar-refractivity contribution in [3.05, 3.63) is 82.8 Å². The lowest BCUT2D eigenvalue weighted by Crippen LogP contribution is -2.16. The Kier molecular flexibility index (Phi) is 5.43. The van der Waals surface area contributed by atoms with Crippen molar-refractivity contribution >= 4 is 17.4 Å². The highest BCUT2D eigenvalue weighted by Crippen LogP contribution is 2.14. The Bertz CT molecular complexity index is 1010. The molecule has 0 saturated heterocycles. The smallest absolute Gasteiger partial charge is 0.274 e. The summed E-state index contributed by atoms with van der Waals surface area (Å²) in [5, 5.41) is 14.9. The maximum absolute atomic E-state index is 12.5. The van der Waals surface area contributed by atoms with Crippen LogP contribution in [0, 0.1) is 25.2 Å². The predicted octanol–water partition coefficient (Wildman–Crippen LogP) is 3.83. The SMILES string of the molecule is Cc1nc(NCc2ccccc2C)cc(C(=O)Nc2ccc(C#N)cc2)n1. The molecule has 0 fully saturated rings. The van der Waals surface area contributed by atoms with E-state index in [0.29, 0.717) is 29.4 Å². The Morgan fingerprint density at radius 2 is 1.81 bits per heavy atom. The fourth-order valence-corrected chi connectivity index (χ4v) is 2.59. The number of hydrogen-bond acceptors (Lipinski definition) is 5. The fraction of sp³-hybridized carbons (Fsp3) is 0.143. The van der Waals surface area contributed by atoms with Gasteiger partial charge in [-0.05, 0) is 49.2 Å². The number of rotatable bonds is 5. The standard InChI is InChI=1S/C21H19N5O/c1-14-5-3-4-6-17(14)13-23-20-11-19(24-15(2)25-20)21(27)26-18-9-7-16(12-22)8-10-18/h3-11H,13H2,1-2H3,(H,26,27)(H,23,24,25). The highest BCUT2D eigenvalue weighted by atomic mass is 16.1. The molecule has 0 atom stereocenters. The molecule has 0 aliphatic rings. The maximum Gasteiger partial charge on any atom is 0.274 e. The van der Waals surface area contributed by atoms with Crippen LogP contribution in [-0.4, -0.2) is 15.9 Å². The van der Waals surface area contributed by atoms with E-state index in [1.54, 1.807) is 37.3 Å². The van der Waals surface area contributed by atoms with Gasteiger partial charge in [-0.15, -0.1) is 0 Å². The van der Waals surface area contributed by atoms with Crippen molar-refractivity contribution in [2.45, 2.75) is 20.4 Å². The molecule has 134 valence electrons. The summed E-state index contributed by atoms with van der Waals surface area (Å²) in [6.07, 6.45) is 0. The zero-order valence-electron chi connectivity index (χ0n) is 15.2. The molecule has 27 heavy (non-hydrogen) atoms. The molecule has 0 spiro atoms. The van der Waals surface area contributed by atoms with Gasteiger partial charge in [0.15, 0.2) is 0 Å². The average molecular weight is 357 g/mol. The summed E-state index contributed by atoms with van der Waals surface area (Å²) >= 11 is 0. The van der Waals surface area contributed by atoms with E-state index in [9.17, 15) is 4.79 Å². The molecular weight excluding hydrogens is 338 g/mol.